The first-order valence-electron chi connectivity index (χ1n) is 9.00. The molecule has 9 heteroatoms. The SMILES string of the molecule is Cc1cc(Cl)cc(C(/C=C/c2ccc(C(=O)NC3CS(=O)C3)c(F)c2)C(F)(F)F)c1. The van der Waals surface area contributed by atoms with Crippen LogP contribution in [0.1, 0.15) is 33.0 Å². The number of carbonyl (C=O) groups is 1. The number of benzene rings is 2. The summed E-state index contributed by atoms with van der Waals surface area (Å²) in [4.78, 5) is 12.1. The van der Waals surface area contributed by atoms with Crippen molar-refractivity contribution in [3.63, 3.8) is 0 Å². The van der Waals surface area contributed by atoms with Gasteiger partial charge in [-0.15, -0.1) is 0 Å². The Morgan fingerprint density at radius 3 is 2.50 bits per heavy atom. The maximum atomic E-state index is 14.3. The highest BCUT2D eigenvalue weighted by Gasteiger charge is 2.39. The van der Waals surface area contributed by atoms with Gasteiger partial charge >= 0.3 is 6.18 Å². The average Bonchev–Trinajstić information content (AvgIpc) is 2.58. The van der Waals surface area contributed by atoms with Gasteiger partial charge in [0.05, 0.1) is 17.5 Å². The lowest BCUT2D eigenvalue weighted by Gasteiger charge is -2.25. The van der Waals surface area contributed by atoms with Crippen LogP contribution < -0.4 is 5.32 Å². The second kappa shape index (κ2) is 8.89. The third-order valence-electron chi connectivity index (χ3n) is 4.60. The lowest BCUT2D eigenvalue weighted by Crippen LogP contribution is -2.50. The van der Waals surface area contributed by atoms with Crippen molar-refractivity contribution in [1.29, 1.82) is 0 Å². The van der Waals surface area contributed by atoms with Crippen molar-refractivity contribution in [1.82, 2.24) is 5.32 Å². The van der Waals surface area contributed by atoms with Crippen molar-refractivity contribution in [2.45, 2.75) is 25.1 Å². The Bertz CT molecular complexity index is 994. The molecule has 0 bridgehead atoms. The van der Waals surface area contributed by atoms with Gasteiger partial charge in [-0.3, -0.25) is 9.00 Å². The van der Waals surface area contributed by atoms with Crippen molar-refractivity contribution in [3.05, 3.63) is 75.6 Å². The minimum Gasteiger partial charge on any atom is -0.347 e. The molecule has 0 aliphatic carbocycles. The number of amides is 1. The number of hydrogen-bond donors (Lipinski definition) is 1. The van der Waals surface area contributed by atoms with Gasteiger partial charge in [-0.1, -0.05) is 35.9 Å². The fraction of sp³-hybridized carbons (Fsp3) is 0.286. The van der Waals surface area contributed by atoms with Crippen molar-refractivity contribution in [3.8, 4) is 0 Å². The smallest absolute Gasteiger partial charge is 0.347 e. The quantitative estimate of drug-likeness (QED) is 0.639. The van der Waals surface area contributed by atoms with Crippen LogP contribution in [0.4, 0.5) is 17.6 Å². The van der Waals surface area contributed by atoms with Gasteiger partial charge in [0.1, 0.15) is 5.82 Å². The lowest BCUT2D eigenvalue weighted by molar-refractivity contribution is -0.139. The molecule has 1 aliphatic rings. The first-order valence-corrected chi connectivity index (χ1v) is 10.9. The minimum atomic E-state index is -4.56. The summed E-state index contributed by atoms with van der Waals surface area (Å²) in [5.41, 5.74) is 0.541. The highest BCUT2D eigenvalue weighted by atomic mass is 35.5. The zero-order valence-electron chi connectivity index (χ0n) is 15.8. The Hall–Kier alpha value is -2.19. The molecular formula is C21H18ClF4NO2S. The van der Waals surface area contributed by atoms with Gasteiger partial charge in [0, 0.05) is 27.3 Å². The van der Waals surface area contributed by atoms with Crippen molar-refractivity contribution in [2.24, 2.45) is 0 Å². The number of alkyl halides is 3. The van der Waals surface area contributed by atoms with Gasteiger partial charge < -0.3 is 5.32 Å². The van der Waals surface area contributed by atoms with Crippen LogP contribution in [0.2, 0.25) is 5.02 Å². The van der Waals surface area contributed by atoms with E-state index in [1.54, 1.807) is 13.0 Å². The van der Waals surface area contributed by atoms with Gasteiger partial charge in [-0.2, -0.15) is 13.2 Å². The lowest BCUT2D eigenvalue weighted by atomic mass is 9.95. The van der Waals surface area contributed by atoms with Crippen molar-refractivity contribution < 1.29 is 26.6 Å². The number of allylic oxidation sites excluding steroid dienone is 1. The van der Waals surface area contributed by atoms with Gasteiger partial charge in [0.2, 0.25) is 0 Å². The van der Waals surface area contributed by atoms with E-state index < -0.39 is 34.6 Å². The Kier molecular flexibility index (Phi) is 6.67. The molecule has 160 valence electrons. The van der Waals surface area contributed by atoms with E-state index >= 15 is 0 Å². The van der Waals surface area contributed by atoms with Gasteiger partial charge in [0.15, 0.2) is 0 Å². The fourth-order valence-corrected chi connectivity index (χ4v) is 4.39. The summed E-state index contributed by atoms with van der Waals surface area (Å²) in [6.07, 6.45) is -2.47. The van der Waals surface area contributed by atoms with Crippen LogP contribution >= 0.6 is 11.6 Å². The van der Waals surface area contributed by atoms with Crippen LogP contribution in [0.25, 0.3) is 6.08 Å². The Balaban J connectivity index is 1.80. The van der Waals surface area contributed by atoms with Crippen molar-refractivity contribution >= 4 is 34.4 Å². The second-order valence-corrected chi connectivity index (χ2v) is 9.11. The molecular weight excluding hydrogens is 442 g/mol. The van der Waals surface area contributed by atoms with E-state index in [4.69, 9.17) is 11.6 Å². The molecule has 1 amide bonds. The summed E-state index contributed by atoms with van der Waals surface area (Å²) < 4.78 is 66.1. The van der Waals surface area contributed by atoms with Crippen LogP contribution in [0.15, 0.2) is 42.5 Å². The largest absolute Gasteiger partial charge is 0.399 e. The highest BCUT2D eigenvalue weighted by Crippen LogP contribution is 2.37. The molecule has 1 atom stereocenters. The summed E-state index contributed by atoms with van der Waals surface area (Å²) >= 11 is 5.89. The number of carbonyl (C=O) groups excluding carboxylic acids is 1. The van der Waals surface area contributed by atoms with Crippen LogP contribution in [0.3, 0.4) is 0 Å². The molecule has 1 N–H and O–H groups in total. The molecule has 2 aromatic carbocycles. The van der Waals surface area contributed by atoms with E-state index in [1.165, 1.54) is 24.3 Å². The maximum absolute atomic E-state index is 14.3. The number of nitrogens with one attached hydrogen (secondary N) is 1. The summed E-state index contributed by atoms with van der Waals surface area (Å²) in [5.74, 6) is -2.75. The predicted molar refractivity (Wildman–Crippen MR) is 110 cm³/mol. The first-order chi connectivity index (χ1) is 14.0. The predicted octanol–water partition coefficient (Wildman–Crippen LogP) is 5.01. The average molecular weight is 460 g/mol. The number of aryl methyl sites for hydroxylation is 1. The molecule has 1 fully saturated rings. The van der Waals surface area contributed by atoms with Crippen molar-refractivity contribution in [2.75, 3.05) is 11.5 Å². The van der Waals surface area contributed by atoms with Gasteiger partial charge in [-0.25, -0.2) is 4.39 Å². The van der Waals surface area contributed by atoms with Crippen LogP contribution in [0, 0.1) is 12.7 Å². The molecule has 3 nitrogen and oxygen atoms in total. The third-order valence-corrected chi connectivity index (χ3v) is 6.37. The summed E-state index contributed by atoms with van der Waals surface area (Å²) in [7, 11) is -0.955. The summed E-state index contributed by atoms with van der Waals surface area (Å²) in [6, 6.07) is 7.53. The molecule has 3 rings (SSSR count). The standard InChI is InChI=1S/C21H18ClF4NO2S/c1-12-6-14(9-15(22)7-12)18(21(24,25)26)5-3-13-2-4-17(19(23)8-13)20(28)27-16-10-30(29)11-16/h2-9,16,18H,10-11H2,1H3,(H,27,28)/b5-3+. The Morgan fingerprint density at radius 2 is 1.93 bits per heavy atom. The van der Waals surface area contributed by atoms with Gasteiger partial charge in [0.25, 0.3) is 5.91 Å². The zero-order valence-corrected chi connectivity index (χ0v) is 17.4. The molecule has 2 aromatic rings. The van der Waals surface area contributed by atoms with E-state index in [0.717, 1.165) is 18.2 Å². The summed E-state index contributed by atoms with van der Waals surface area (Å²) in [5, 5.41) is 2.77. The molecule has 1 unspecified atom stereocenters. The topological polar surface area (TPSA) is 46.2 Å². The minimum absolute atomic E-state index is 0.0156. The molecule has 1 saturated heterocycles. The van der Waals surface area contributed by atoms with Crippen LogP contribution in [0.5, 0.6) is 0 Å². The van der Waals surface area contributed by atoms with E-state index in [2.05, 4.69) is 5.32 Å². The van der Waals surface area contributed by atoms with Gasteiger partial charge in [-0.05, 0) is 47.9 Å². The van der Waals surface area contributed by atoms with Crippen LogP contribution in [-0.4, -0.2) is 33.8 Å². The summed E-state index contributed by atoms with van der Waals surface area (Å²) in [6.45, 7) is 1.65. The highest BCUT2D eigenvalue weighted by molar-refractivity contribution is 7.86. The molecule has 0 spiro atoms. The van der Waals surface area contributed by atoms with E-state index in [0.29, 0.717) is 17.1 Å². The molecule has 0 radical (unpaired) electrons. The molecule has 1 aliphatic heterocycles. The number of halogens is 5. The number of rotatable bonds is 5. The number of hydrogen-bond acceptors (Lipinski definition) is 2. The molecule has 1 heterocycles. The maximum Gasteiger partial charge on any atom is 0.399 e. The molecule has 0 saturated carbocycles. The Morgan fingerprint density at radius 1 is 1.23 bits per heavy atom. The van der Waals surface area contributed by atoms with Crippen LogP contribution in [-0.2, 0) is 10.8 Å². The monoisotopic (exact) mass is 459 g/mol. The zero-order chi connectivity index (χ0) is 22.1. The van der Waals surface area contributed by atoms with E-state index in [9.17, 15) is 26.6 Å². The normalized spacial score (nSPS) is 20.1. The third kappa shape index (κ3) is 5.49. The first kappa shape index (κ1) is 22.5. The second-order valence-electron chi connectivity index (χ2n) is 7.12. The fourth-order valence-electron chi connectivity index (χ4n) is 3.13. The molecule has 30 heavy (non-hydrogen) atoms. The van der Waals surface area contributed by atoms with E-state index in [-0.39, 0.29) is 27.8 Å². The van der Waals surface area contributed by atoms with E-state index in [1.807, 2.05) is 0 Å². The molecule has 0 aromatic heterocycles. The Labute approximate surface area is 178 Å².